The lowest BCUT2D eigenvalue weighted by molar-refractivity contribution is -0.311. The Bertz CT molecular complexity index is 1670. The normalized spacial score (nSPS) is 23.1. The summed E-state index contributed by atoms with van der Waals surface area (Å²) in [6, 6.07) is 5.66. The van der Waals surface area contributed by atoms with E-state index in [1.165, 1.54) is 12.4 Å². The number of fused-ring (bicyclic) bond motifs is 1. The van der Waals surface area contributed by atoms with Crippen molar-refractivity contribution in [2.75, 3.05) is 56.9 Å². The van der Waals surface area contributed by atoms with E-state index in [0.29, 0.717) is 50.5 Å². The van der Waals surface area contributed by atoms with E-state index in [9.17, 15) is 25.2 Å². The van der Waals surface area contributed by atoms with Gasteiger partial charge in [-0.1, -0.05) is 0 Å². The quantitative estimate of drug-likeness (QED) is 0.134. The topological polar surface area (TPSA) is 218 Å². The number of hydroxylamine groups is 1. The van der Waals surface area contributed by atoms with Crippen molar-refractivity contribution in [2.24, 2.45) is 0 Å². The molecule has 2 aliphatic heterocycles. The van der Waals surface area contributed by atoms with Gasteiger partial charge in [-0.2, -0.15) is 0 Å². The number of amides is 1. The largest absolute Gasteiger partial charge is 0.481 e. The van der Waals surface area contributed by atoms with E-state index < -0.39 is 43.2 Å². The van der Waals surface area contributed by atoms with Gasteiger partial charge in [0.05, 0.1) is 49.3 Å². The maximum atomic E-state index is 12.6. The second kappa shape index (κ2) is 14.3. The number of nitrogens with zero attached hydrogens (tertiary/aromatic N) is 7. The number of morpholine rings is 1. The zero-order valence-electron chi connectivity index (χ0n) is 25.5. The fraction of sp³-hybridized carbons (Fsp3) is 0.448. The molecule has 47 heavy (non-hydrogen) atoms. The Kier molecular flexibility index (Phi) is 9.99. The molecule has 5 N–H and O–H groups in total. The average molecular weight is 671 g/mol. The number of aliphatic hydroxyl groups is 4. The van der Waals surface area contributed by atoms with E-state index in [4.69, 9.17) is 29.0 Å². The number of rotatable bonds is 10. The van der Waals surface area contributed by atoms with Gasteiger partial charge in [-0.25, -0.2) is 35.2 Å². The van der Waals surface area contributed by atoms with E-state index in [-0.39, 0.29) is 5.56 Å². The maximum absolute atomic E-state index is 12.6. The Hall–Kier alpha value is -4.14. The Morgan fingerprint density at radius 3 is 2.53 bits per heavy atom. The fourth-order valence-electron chi connectivity index (χ4n) is 5.07. The van der Waals surface area contributed by atoms with Gasteiger partial charge < -0.3 is 44.4 Å². The van der Waals surface area contributed by atoms with Crippen LogP contribution in [0.4, 0.5) is 11.8 Å². The van der Waals surface area contributed by atoms with Gasteiger partial charge in [-0.05, 0) is 12.1 Å². The minimum Gasteiger partial charge on any atom is -0.481 e. The van der Waals surface area contributed by atoms with Crippen LogP contribution in [0.15, 0.2) is 36.8 Å². The number of carbonyl (C=O) groups is 1. The molecule has 0 aromatic carbocycles. The number of hydrogen-bond donors (Lipinski definition) is 5. The third-order valence-electron chi connectivity index (χ3n) is 7.67. The van der Waals surface area contributed by atoms with Gasteiger partial charge in [0, 0.05) is 55.2 Å². The molecule has 4 aromatic rings. The van der Waals surface area contributed by atoms with Crippen LogP contribution in [0, 0.1) is 0 Å². The fourth-order valence-corrected chi connectivity index (χ4v) is 6.24. The molecule has 2 aliphatic rings. The van der Waals surface area contributed by atoms with Crippen molar-refractivity contribution in [1.29, 1.82) is 0 Å². The lowest BCUT2D eigenvalue weighted by Gasteiger charge is -2.39. The molecular weight excluding hydrogens is 636 g/mol. The SMILES string of the molecule is COc1ccc(-c2nc(N3CCOCC3)c3sc(CN(C)c4ncc(C(=O)NO[C@@H]5O[C@H](CO)[C@H](O)[C@H](O)[C@H]5O)cn4)cc3n2)cn1. The Morgan fingerprint density at radius 1 is 1.09 bits per heavy atom. The van der Waals surface area contributed by atoms with E-state index in [1.807, 2.05) is 24.1 Å². The molecule has 6 rings (SSSR count). The lowest BCUT2D eigenvalue weighted by Crippen LogP contribution is -2.60. The summed E-state index contributed by atoms with van der Waals surface area (Å²) in [7, 11) is 3.39. The summed E-state index contributed by atoms with van der Waals surface area (Å²) in [6.07, 6.45) is -3.26. The zero-order chi connectivity index (χ0) is 33.1. The van der Waals surface area contributed by atoms with E-state index in [1.54, 1.807) is 30.7 Å². The Labute approximate surface area is 272 Å². The minimum absolute atomic E-state index is 0.0552. The van der Waals surface area contributed by atoms with Gasteiger partial charge in [-0.3, -0.25) is 4.79 Å². The summed E-state index contributed by atoms with van der Waals surface area (Å²) in [6.45, 7) is 2.46. The van der Waals surface area contributed by atoms with Gasteiger partial charge in [0.25, 0.3) is 5.91 Å². The molecule has 0 saturated carbocycles. The summed E-state index contributed by atoms with van der Waals surface area (Å²) >= 11 is 1.58. The number of anilines is 2. The average Bonchev–Trinajstić information content (AvgIpc) is 3.52. The van der Waals surface area contributed by atoms with Crippen LogP contribution in [0.5, 0.6) is 5.88 Å². The second-order valence-electron chi connectivity index (χ2n) is 10.9. The minimum atomic E-state index is -1.67. The molecule has 17 nitrogen and oxygen atoms in total. The first-order chi connectivity index (χ1) is 22.7. The lowest BCUT2D eigenvalue weighted by atomic mass is 9.99. The first kappa shape index (κ1) is 32.8. The molecule has 0 spiro atoms. The van der Waals surface area contributed by atoms with Crippen LogP contribution in [-0.4, -0.2) is 129 Å². The van der Waals surface area contributed by atoms with E-state index in [2.05, 4.69) is 25.3 Å². The highest BCUT2D eigenvalue weighted by molar-refractivity contribution is 7.19. The summed E-state index contributed by atoms with van der Waals surface area (Å²) in [5, 5.41) is 39.2. The van der Waals surface area contributed by atoms with Crippen LogP contribution in [0.3, 0.4) is 0 Å². The van der Waals surface area contributed by atoms with Crippen LogP contribution in [0.1, 0.15) is 15.2 Å². The maximum Gasteiger partial charge on any atom is 0.278 e. The molecule has 6 heterocycles. The molecule has 0 bridgehead atoms. The summed E-state index contributed by atoms with van der Waals surface area (Å²) in [5.41, 5.74) is 3.73. The van der Waals surface area contributed by atoms with Gasteiger partial charge in [0.1, 0.15) is 24.4 Å². The molecule has 1 amide bonds. The van der Waals surface area contributed by atoms with Gasteiger partial charge in [-0.15, -0.1) is 11.3 Å². The van der Waals surface area contributed by atoms with Gasteiger partial charge in [0.15, 0.2) is 11.6 Å². The molecule has 0 radical (unpaired) electrons. The van der Waals surface area contributed by atoms with Crippen molar-refractivity contribution in [2.45, 2.75) is 37.3 Å². The molecule has 4 aromatic heterocycles. The molecule has 0 unspecified atom stereocenters. The highest BCUT2D eigenvalue weighted by Crippen LogP contribution is 2.35. The number of carbonyl (C=O) groups excluding carboxylic acids is 1. The Morgan fingerprint density at radius 2 is 1.85 bits per heavy atom. The van der Waals surface area contributed by atoms with Crippen molar-refractivity contribution in [3.63, 3.8) is 0 Å². The molecule has 5 atom stereocenters. The number of nitrogens with one attached hydrogen (secondary N) is 1. The first-order valence-corrected chi connectivity index (χ1v) is 15.5. The summed E-state index contributed by atoms with van der Waals surface area (Å²) in [5.74, 6) is 1.51. The number of ether oxygens (including phenoxy) is 3. The summed E-state index contributed by atoms with van der Waals surface area (Å²) < 4.78 is 16.9. The number of pyridine rings is 1. The van der Waals surface area contributed by atoms with Crippen molar-refractivity contribution >= 4 is 39.2 Å². The predicted molar refractivity (Wildman–Crippen MR) is 167 cm³/mol. The Balaban J connectivity index is 1.15. The summed E-state index contributed by atoms with van der Waals surface area (Å²) in [4.78, 5) is 45.5. The molecule has 0 aliphatic carbocycles. The molecule has 18 heteroatoms. The highest BCUT2D eigenvalue weighted by Gasteiger charge is 2.44. The van der Waals surface area contributed by atoms with E-state index in [0.717, 1.165) is 26.5 Å². The van der Waals surface area contributed by atoms with Crippen molar-refractivity contribution in [1.82, 2.24) is 30.4 Å². The molecule has 2 saturated heterocycles. The van der Waals surface area contributed by atoms with E-state index >= 15 is 0 Å². The monoisotopic (exact) mass is 670 g/mol. The van der Waals surface area contributed by atoms with Crippen molar-refractivity contribution in [3.8, 4) is 17.3 Å². The third kappa shape index (κ3) is 7.09. The van der Waals surface area contributed by atoms with Crippen LogP contribution in [0.2, 0.25) is 0 Å². The van der Waals surface area contributed by atoms with Crippen LogP contribution in [0.25, 0.3) is 21.6 Å². The number of hydrogen-bond acceptors (Lipinski definition) is 17. The third-order valence-corrected chi connectivity index (χ3v) is 8.78. The molecular formula is C29H34N8O9S. The van der Waals surface area contributed by atoms with Gasteiger partial charge >= 0.3 is 0 Å². The number of aromatic nitrogens is 5. The van der Waals surface area contributed by atoms with Crippen molar-refractivity contribution in [3.05, 3.63) is 47.2 Å². The second-order valence-corrected chi connectivity index (χ2v) is 12.0. The number of thiophene rings is 1. The van der Waals surface area contributed by atoms with Crippen LogP contribution < -0.4 is 20.0 Å². The predicted octanol–water partition coefficient (Wildman–Crippen LogP) is -0.514. The molecule has 2 fully saturated rings. The standard InChI is InChI=1S/C29H34N8O9S/c1-36(29-31-11-16(12-32-29)27(42)35-46-28-23(41)22(40)21(39)19(14-38)45-28)13-17-9-18-24(47-17)26(37-5-7-44-8-6-37)34-25(33-18)15-3-4-20(43-2)30-10-15/h3-4,9-12,19,21-23,28,38-41H,5-8,13-14H2,1-2H3,(H,35,42)/t19-,21+,22+,23-,28+/m1/s1. The first-order valence-electron chi connectivity index (χ1n) is 14.7. The smallest absolute Gasteiger partial charge is 0.278 e. The van der Waals surface area contributed by atoms with Crippen LogP contribution in [-0.2, 0) is 20.9 Å². The number of aliphatic hydroxyl groups excluding tert-OH is 4. The number of methoxy groups -OCH3 is 1. The zero-order valence-corrected chi connectivity index (χ0v) is 26.3. The van der Waals surface area contributed by atoms with Crippen LogP contribution >= 0.6 is 11.3 Å². The molecule has 250 valence electrons. The van der Waals surface area contributed by atoms with Crippen molar-refractivity contribution < 1.29 is 44.3 Å². The highest BCUT2D eigenvalue weighted by atomic mass is 32.1. The van der Waals surface area contributed by atoms with Gasteiger partial charge in [0.2, 0.25) is 18.1 Å².